The number of thioether (sulfide) groups is 1. The summed E-state index contributed by atoms with van der Waals surface area (Å²) < 4.78 is 0. The van der Waals surface area contributed by atoms with Gasteiger partial charge in [-0.15, -0.1) is 11.8 Å². The van der Waals surface area contributed by atoms with E-state index in [1.54, 1.807) is 0 Å². The molecule has 0 radical (unpaired) electrons. The average Bonchev–Trinajstić information content (AvgIpc) is 2.77. The van der Waals surface area contributed by atoms with Gasteiger partial charge in [0.15, 0.2) is 11.6 Å². The lowest BCUT2D eigenvalue weighted by molar-refractivity contribution is -0.119. The number of rotatable bonds is 2. The number of ketones is 2. The number of nitrogens with zero attached hydrogens (tertiary/aromatic N) is 1. The van der Waals surface area contributed by atoms with E-state index in [9.17, 15) is 9.59 Å². The Kier molecular flexibility index (Phi) is 3.69. The van der Waals surface area contributed by atoms with E-state index in [-0.39, 0.29) is 11.6 Å². The molecule has 0 spiro atoms. The van der Waals surface area contributed by atoms with Crippen molar-refractivity contribution in [3.8, 4) is 0 Å². The largest absolute Gasteiger partial charge is 0.374 e. The van der Waals surface area contributed by atoms with Crippen LogP contribution in [-0.4, -0.2) is 41.1 Å². The van der Waals surface area contributed by atoms with Crippen molar-refractivity contribution >= 4 is 23.3 Å². The fourth-order valence-electron chi connectivity index (χ4n) is 2.40. The SMILES string of the molecule is CCC(=C1C(=O)CSCC1=O)N1CCCC1. The fraction of sp³-hybridized carbons (Fsp3) is 0.667. The number of carbonyl (C=O) groups excluding carboxylic acids is 2. The topological polar surface area (TPSA) is 37.4 Å². The molecule has 0 saturated carbocycles. The van der Waals surface area contributed by atoms with Crippen molar-refractivity contribution in [2.45, 2.75) is 26.2 Å². The van der Waals surface area contributed by atoms with Gasteiger partial charge in [0.05, 0.1) is 17.1 Å². The smallest absolute Gasteiger partial charge is 0.178 e. The summed E-state index contributed by atoms with van der Waals surface area (Å²) in [6, 6.07) is 0. The van der Waals surface area contributed by atoms with Gasteiger partial charge in [0.2, 0.25) is 0 Å². The molecule has 0 aromatic carbocycles. The molecule has 2 fully saturated rings. The Morgan fingerprint density at radius 1 is 1.19 bits per heavy atom. The maximum Gasteiger partial charge on any atom is 0.178 e. The van der Waals surface area contributed by atoms with Crippen molar-refractivity contribution < 1.29 is 9.59 Å². The molecule has 2 aliphatic heterocycles. The zero-order valence-corrected chi connectivity index (χ0v) is 10.4. The Hall–Kier alpha value is -0.770. The van der Waals surface area contributed by atoms with Crippen molar-refractivity contribution in [1.29, 1.82) is 0 Å². The minimum atomic E-state index is 0.0324. The van der Waals surface area contributed by atoms with Crippen LogP contribution in [0.1, 0.15) is 26.2 Å². The lowest BCUT2D eigenvalue weighted by Gasteiger charge is -2.25. The normalized spacial score (nSPS) is 21.8. The van der Waals surface area contributed by atoms with Crippen LogP contribution in [0.3, 0.4) is 0 Å². The van der Waals surface area contributed by atoms with Crippen LogP contribution in [0.15, 0.2) is 11.3 Å². The minimum absolute atomic E-state index is 0.0324. The molecule has 2 rings (SSSR count). The standard InChI is InChI=1S/C12H17NO2S/c1-2-9(13-5-3-4-6-13)12-10(14)7-16-8-11(12)15/h2-8H2,1H3. The molecule has 0 atom stereocenters. The van der Waals surface area contributed by atoms with Gasteiger partial charge in [-0.05, 0) is 19.3 Å². The molecule has 2 heterocycles. The molecular weight excluding hydrogens is 222 g/mol. The summed E-state index contributed by atoms with van der Waals surface area (Å²) in [5.41, 5.74) is 1.50. The van der Waals surface area contributed by atoms with E-state index in [1.165, 1.54) is 24.6 Å². The summed E-state index contributed by atoms with van der Waals surface area (Å²) in [4.78, 5) is 25.9. The van der Waals surface area contributed by atoms with Crippen LogP contribution in [0, 0.1) is 0 Å². The average molecular weight is 239 g/mol. The summed E-state index contributed by atoms with van der Waals surface area (Å²) in [7, 11) is 0. The van der Waals surface area contributed by atoms with Gasteiger partial charge in [-0.3, -0.25) is 9.59 Å². The first-order chi connectivity index (χ1) is 7.74. The van der Waals surface area contributed by atoms with Gasteiger partial charge in [0.1, 0.15) is 0 Å². The van der Waals surface area contributed by atoms with Gasteiger partial charge in [-0.25, -0.2) is 0 Å². The second kappa shape index (κ2) is 5.04. The number of Topliss-reactive ketones (excluding diaryl/α,β-unsaturated/α-hetero) is 2. The number of likely N-dealkylation sites (tertiary alicyclic amines) is 1. The number of carbonyl (C=O) groups is 2. The van der Waals surface area contributed by atoms with E-state index >= 15 is 0 Å². The van der Waals surface area contributed by atoms with Crippen molar-refractivity contribution in [3.63, 3.8) is 0 Å². The number of hydrogen-bond donors (Lipinski definition) is 0. The molecule has 2 saturated heterocycles. The molecular formula is C12H17NO2S. The van der Waals surface area contributed by atoms with Crippen LogP contribution in [0.5, 0.6) is 0 Å². The van der Waals surface area contributed by atoms with Crippen LogP contribution >= 0.6 is 11.8 Å². The van der Waals surface area contributed by atoms with Gasteiger partial charge < -0.3 is 4.90 Å². The Morgan fingerprint density at radius 3 is 2.25 bits per heavy atom. The first kappa shape index (κ1) is 11.7. The Morgan fingerprint density at radius 2 is 1.75 bits per heavy atom. The lowest BCUT2D eigenvalue weighted by Crippen LogP contribution is -2.30. The molecule has 0 amide bonds. The first-order valence-electron chi connectivity index (χ1n) is 5.86. The van der Waals surface area contributed by atoms with E-state index in [1.807, 2.05) is 6.92 Å². The van der Waals surface area contributed by atoms with Crippen molar-refractivity contribution in [3.05, 3.63) is 11.3 Å². The van der Waals surface area contributed by atoms with E-state index in [4.69, 9.17) is 0 Å². The quantitative estimate of drug-likeness (QED) is 0.542. The molecule has 88 valence electrons. The second-order valence-corrected chi connectivity index (χ2v) is 5.19. The lowest BCUT2D eigenvalue weighted by atomic mass is 10.0. The number of allylic oxidation sites excluding steroid dienone is 2. The van der Waals surface area contributed by atoms with Crippen LogP contribution in [0.2, 0.25) is 0 Å². The van der Waals surface area contributed by atoms with E-state index in [2.05, 4.69) is 4.90 Å². The highest BCUT2D eigenvalue weighted by atomic mass is 32.2. The van der Waals surface area contributed by atoms with Crippen LogP contribution in [0.25, 0.3) is 0 Å². The van der Waals surface area contributed by atoms with Crippen molar-refractivity contribution in [2.75, 3.05) is 24.6 Å². The molecule has 2 aliphatic rings. The maximum atomic E-state index is 11.8. The Bertz CT molecular complexity index is 325. The van der Waals surface area contributed by atoms with Crippen LogP contribution in [0.4, 0.5) is 0 Å². The van der Waals surface area contributed by atoms with Gasteiger partial charge >= 0.3 is 0 Å². The van der Waals surface area contributed by atoms with E-state index < -0.39 is 0 Å². The van der Waals surface area contributed by atoms with Crippen molar-refractivity contribution in [1.82, 2.24) is 4.90 Å². The Balaban J connectivity index is 2.32. The highest BCUT2D eigenvalue weighted by Crippen LogP contribution is 2.25. The summed E-state index contributed by atoms with van der Waals surface area (Å²) >= 11 is 1.43. The second-order valence-electron chi connectivity index (χ2n) is 4.21. The minimum Gasteiger partial charge on any atom is -0.374 e. The molecule has 0 aromatic heterocycles. The molecule has 0 bridgehead atoms. The van der Waals surface area contributed by atoms with Crippen LogP contribution in [-0.2, 0) is 9.59 Å². The third-order valence-corrected chi connectivity index (χ3v) is 4.07. The summed E-state index contributed by atoms with van der Waals surface area (Å²) in [5, 5.41) is 0. The van der Waals surface area contributed by atoms with Gasteiger partial charge in [-0.2, -0.15) is 0 Å². The third-order valence-electron chi connectivity index (χ3n) is 3.14. The molecule has 16 heavy (non-hydrogen) atoms. The predicted octanol–water partition coefficient (Wildman–Crippen LogP) is 1.63. The maximum absolute atomic E-state index is 11.8. The number of hydrogen-bond acceptors (Lipinski definition) is 4. The summed E-state index contributed by atoms with van der Waals surface area (Å²) in [6.45, 7) is 4.03. The van der Waals surface area contributed by atoms with Crippen LogP contribution < -0.4 is 0 Å². The van der Waals surface area contributed by atoms with Gasteiger partial charge in [0.25, 0.3) is 0 Å². The Labute approximate surface area is 100 Å². The first-order valence-corrected chi connectivity index (χ1v) is 7.01. The van der Waals surface area contributed by atoms with Crippen molar-refractivity contribution in [2.24, 2.45) is 0 Å². The summed E-state index contributed by atoms with van der Waals surface area (Å²) in [6.07, 6.45) is 3.14. The van der Waals surface area contributed by atoms with Gasteiger partial charge in [-0.1, -0.05) is 6.92 Å². The summed E-state index contributed by atoms with van der Waals surface area (Å²) in [5.74, 6) is 1.01. The molecule has 0 N–H and O–H groups in total. The molecule has 0 aromatic rings. The van der Waals surface area contributed by atoms with E-state index in [0.717, 1.165) is 25.2 Å². The zero-order valence-electron chi connectivity index (χ0n) is 9.62. The predicted molar refractivity (Wildman–Crippen MR) is 65.5 cm³/mol. The molecule has 0 unspecified atom stereocenters. The van der Waals surface area contributed by atoms with E-state index in [0.29, 0.717) is 17.1 Å². The molecule has 3 nitrogen and oxygen atoms in total. The highest BCUT2D eigenvalue weighted by Gasteiger charge is 2.29. The fourth-order valence-corrected chi connectivity index (χ4v) is 3.17. The van der Waals surface area contributed by atoms with Gasteiger partial charge in [0, 0.05) is 18.8 Å². The molecule has 4 heteroatoms. The molecule has 0 aliphatic carbocycles. The zero-order chi connectivity index (χ0) is 11.5. The highest BCUT2D eigenvalue weighted by molar-refractivity contribution is 8.00. The third kappa shape index (κ3) is 2.17. The monoisotopic (exact) mass is 239 g/mol.